The second-order valence-electron chi connectivity index (χ2n) is 8.62. The minimum Gasteiger partial charge on any atom is -0.474 e. The maximum absolute atomic E-state index is 11.8. The average Bonchev–Trinajstić information content (AvgIpc) is 2.89. The molecule has 0 radical (unpaired) electrons. The summed E-state index contributed by atoms with van der Waals surface area (Å²) in [5.74, 6) is 0.529. The van der Waals surface area contributed by atoms with E-state index in [0.29, 0.717) is 24.1 Å². The van der Waals surface area contributed by atoms with Crippen molar-refractivity contribution in [2.24, 2.45) is 0 Å². The van der Waals surface area contributed by atoms with Gasteiger partial charge >= 0.3 is 12.1 Å². The Morgan fingerprint density at radius 3 is 2.72 bits per heavy atom. The number of amides is 1. The zero-order valence-corrected chi connectivity index (χ0v) is 20.0. The van der Waals surface area contributed by atoms with Crippen molar-refractivity contribution in [3.63, 3.8) is 0 Å². The van der Waals surface area contributed by atoms with Gasteiger partial charge in [0.2, 0.25) is 11.8 Å². The monoisotopic (exact) mass is 490 g/mol. The number of benzene rings is 1. The van der Waals surface area contributed by atoms with Crippen LogP contribution in [0.2, 0.25) is 0 Å². The molecule has 2 aromatic heterocycles. The number of nitrogens with one attached hydrogen (secondary N) is 1. The molecule has 3 aromatic rings. The first kappa shape index (κ1) is 23.3. The number of pyridine rings is 1. The van der Waals surface area contributed by atoms with Crippen LogP contribution in [-0.2, 0) is 28.9 Å². The van der Waals surface area contributed by atoms with Crippen LogP contribution < -0.4 is 19.9 Å². The molecule has 2 aliphatic rings. The standard InChI is InChI=1S/C25H26N6O5/c1-15-20(13-26-23-22(15)31(25(33)34)9-10-36-23)30-8-7-17-12-27-24(29-19(17)14-30)28-18-5-3-16(4-6-18)11-21(32)35-2/h3-6,12-13H,7-11,14H2,1-2H3,(H,33,34)(H,27,28,29). The largest absolute Gasteiger partial charge is 0.474 e. The lowest BCUT2D eigenvalue weighted by atomic mass is 10.0. The van der Waals surface area contributed by atoms with Crippen LogP contribution in [0.5, 0.6) is 5.88 Å². The van der Waals surface area contributed by atoms with Gasteiger partial charge in [-0.3, -0.25) is 9.69 Å². The molecule has 11 heteroatoms. The molecule has 0 spiro atoms. The highest BCUT2D eigenvalue weighted by atomic mass is 16.5. The summed E-state index contributed by atoms with van der Waals surface area (Å²) >= 11 is 0. The van der Waals surface area contributed by atoms with Crippen LogP contribution in [-0.4, -0.2) is 58.9 Å². The summed E-state index contributed by atoms with van der Waals surface area (Å²) in [6.07, 6.45) is 3.53. The zero-order chi connectivity index (χ0) is 25.2. The number of fused-ring (bicyclic) bond motifs is 2. The minimum absolute atomic E-state index is 0.218. The first-order chi connectivity index (χ1) is 17.4. The number of rotatable bonds is 5. The molecule has 4 heterocycles. The maximum Gasteiger partial charge on any atom is 0.412 e. The average molecular weight is 491 g/mol. The second kappa shape index (κ2) is 9.68. The third-order valence-electron chi connectivity index (χ3n) is 6.37. The summed E-state index contributed by atoms with van der Waals surface area (Å²) in [4.78, 5) is 40.3. The van der Waals surface area contributed by atoms with Gasteiger partial charge in [0.1, 0.15) is 12.3 Å². The number of carbonyl (C=O) groups excluding carboxylic acids is 1. The van der Waals surface area contributed by atoms with Crippen molar-refractivity contribution in [1.29, 1.82) is 0 Å². The second-order valence-corrected chi connectivity index (χ2v) is 8.62. The van der Waals surface area contributed by atoms with E-state index >= 15 is 0 Å². The zero-order valence-electron chi connectivity index (χ0n) is 20.0. The molecule has 2 N–H and O–H groups in total. The van der Waals surface area contributed by atoms with E-state index < -0.39 is 6.09 Å². The lowest BCUT2D eigenvalue weighted by Gasteiger charge is -2.34. The predicted octanol–water partition coefficient (Wildman–Crippen LogP) is 3.08. The molecule has 1 aromatic carbocycles. The smallest absolute Gasteiger partial charge is 0.412 e. The molecule has 2 aliphatic heterocycles. The van der Waals surface area contributed by atoms with Gasteiger partial charge in [0, 0.05) is 24.0 Å². The van der Waals surface area contributed by atoms with Gasteiger partial charge in [0.15, 0.2) is 0 Å². The van der Waals surface area contributed by atoms with E-state index in [0.717, 1.165) is 46.7 Å². The number of nitrogens with zero attached hydrogens (tertiary/aromatic N) is 5. The van der Waals surface area contributed by atoms with Crippen LogP contribution in [0.3, 0.4) is 0 Å². The molecular formula is C25H26N6O5. The number of ether oxygens (including phenoxy) is 2. The third kappa shape index (κ3) is 4.59. The van der Waals surface area contributed by atoms with E-state index in [1.54, 1.807) is 6.20 Å². The van der Waals surface area contributed by atoms with Crippen molar-refractivity contribution in [1.82, 2.24) is 15.0 Å². The first-order valence-electron chi connectivity index (χ1n) is 11.6. The highest BCUT2D eigenvalue weighted by Gasteiger charge is 2.30. The van der Waals surface area contributed by atoms with Gasteiger partial charge in [-0.2, -0.15) is 0 Å². The summed E-state index contributed by atoms with van der Waals surface area (Å²) in [6.45, 7) is 3.72. The Labute approximate surface area is 207 Å². The number of hydrogen-bond donors (Lipinski definition) is 2. The summed E-state index contributed by atoms with van der Waals surface area (Å²) < 4.78 is 10.3. The highest BCUT2D eigenvalue weighted by Crippen LogP contribution is 2.39. The number of esters is 1. The fraction of sp³-hybridized carbons (Fsp3) is 0.320. The predicted molar refractivity (Wildman–Crippen MR) is 132 cm³/mol. The van der Waals surface area contributed by atoms with E-state index in [1.807, 2.05) is 37.4 Å². The van der Waals surface area contributed by atoms with Crippen molar-refractivity contribution in [3.8, 4) is 5.88 Å². The topological polar surface area (TPSA) is 130 Å². The summed E-state index contributed by atoms with van der Waals surface area (Å²) in [5, 5.41) is 12.9. The van der Waals surface area contributed by atoms with Crippen LogP contribution in [0.4, 0.5) is 27.8 Å². The van der Waals surface area contributed by atoms with E-state index in [-0.39, 0.29) is 25.5 Å². The van der Waals surface area contributed by atoms with E-state index in [4.69, 9.17) is 14.5 Å². The normalized spacial score (nSPS) is 14.4. The van der Waals surface area contributed by atoms with Gasteiger partial charge in [-0.1, -0.05) is 12.1 Å². The Kier molecular flexibility index (Phi) is 6.28. The van der Waals surface area contributed by atoms with Crippen LogP contribution in [0, 0.1) is 6.92 Å². The van der Waals surface area contributed by atoms with E-state index in [9.17, 15) is 14.7 Å². The summed E-state index contributed by atoms with van der Waals surface area (Å²) in [5.41, 5.74) is 5.79. The fourth-order valence-corrected chi connectivity index (χ4v) is 4.48. The van der Waals surface area contributed by atoms with Gasteiger partial charge in [-0.25, -0.2) is 19.7 Å². The lowest BCUT2D eigenvalue weighted by Crippen LogP contribution is -2.38. The molecule has 1 amide bonds. The molecule has 0 atom stereocenters. The van der Waals surface area contributed by atoms with Gasteiger partial charge < -0.3 is 24.8 Å². The fourth-order valence-electron chi connectivity index (χ4n) is 4.48. The lowest BCUT2D eigenvalue weighted by molar-refractivity contribution is -0.139. The van der Waals surface area contributed by atoms with Crippen molar-refractivity contribution >= 4 is 35.1 Å². The quantitative estimate of drug-likeness (QED) is 0.515. The highest BCUT2D eigenvalue weighted by molar-refractivity contribution is 5.91. The number of methoxy groups -OCH3 is 1. The number of carbonyl (C=O) groups is 2. The van der Waals surface area contributed by atoms with Gasteiger partial charge in [-0.15, -0.1) is 0 Å². The molecule has 36 heavy (non-hydrogen) atoms. The molecule has 0 fully saturated rings. The molecule has 0 bridgehead atoms. The Morgan fingerprint density at radius 2 is 1.97 bits per heavy atom. The van der Waals surface area contributed by atoms with Crippen molar-refractivity contribution in [3.05, 3.63) is 59.0 Å². The molecule has 0 aliphatic carbocycles. The molecule has 11 nitrogen and oxygen atoms in total. The molecule has 0 unspecified atom stereocenters. The Hall–Kier alpha value is -4.41. The maximum atomic E-state index is 11.8. The van der Waals surface area contributed by atoms with Crippen molar-refractivity contribution in [2.45, 2.75) is 26.3 Å². The number of aromatic nitrogens is 3. The van der Waals surface area contributed by atoms with Gasteiger partial charge in [0.05, 0.1) is 44.2 Å². The van der Waals surface area contributed by atoms with Crippen LogP contribution in [0.15, 0.2) is 36.7 Å². The van der Waals surface area contributed by atoms with Crippen molar-refractivity contribution in [2.75, 3.05) is 41.9 Å². The SMILES string of the molecule is COC(=O)Cc1ccc(Nc2ncc3c(n2)CN(c2cnc4c(c2C)N(C(=O)O)CCO4)CC3)cc1. The first-order valence-corrected chi connectivity index (χ1v) is 11.6. The minimum atomic E-state index is -1.02. The number of carboxylic acid groups (broad SMARTS) is 1. The Morgan fingerprint density at radius 1 is 1.17 bits per heavy atom. The van der Waals surface area contributed by atoms with E-state index in [1.165, 1.54) is 12.0 Å². The third-order valence-corrected chi connectivity index (χ3v) is 6.37. The number of anilines is 4. The molecule has 0 saturated heterocycles. The van der Waals surface area contributed by atoms with E-state index in [2.05, 4.69) is 20.2 Å². The summed E-state index contributed by atoms with van der Waals surface area (Å²) in [6, 6.07) is 7.45. The molecule has 5 rings (SSSR count). The Bertz CT molecular complexity index is 1310. The van der Waals surface area contributed by atoms with Gasteiger partial charge in [0.25, 0.3) is 0 Å². The van der Waals surface area contributed by atoms with Crippen LogP contribution in [0.1, 0.15) is 22.4 Å². The Balaban J connectivity index is 1.35. The van der Waals surface area contributed by atoms with Crippen LogP contribution >= 0.6 is 0 Å². The van der Waals surface area contributed by atoms with Gasteiger partial charge in [-0.05, 0) is 36.6 Å². The number of hydrogen-bond acceptors (Lipinski definition) is 9. The molecular weight excluding hydrogens is 464 g/mol. The molecule has 0 saturated carbocycles. The molecule has 186 valence electrons. The van der Waals surface area contributed by atoms with Crippen LogP contribution in [0.25, 0.3) is 0 Å². The summed E-state index contributed by atoms with van der Waals surface area (Å²) in [7, 11) is 1.37. The van der Waals surface area contributed by atoms with Crippen molar-refractivity contribution < 1.29 is 24.2 Å².